The average Bonchev–Trinajstić information content (AvgIpc) is 3.05. The van der Waals surface area contributed by atoms with Crippen LogP contribution in [-0.2, 0) is 19.0 Å². The lowest BCUT2D eigenvalue weighted by Gasteiger charge is -2.37. The minimum Gasteiger partial charge on any atom is -0.340 e. The van der Waals surface area contributed by atoms with Crippen molar-refractivity contribution in [3.63, 3.8) is 0 Å². The van der Waals surface area contributed by atoms with Gasteiger partial charge in [0.05, 0.1) is 0 Å². The fraction of sp³-hybridized carbons (Fsp3) is 0.476. The van der Waals surface area contributed by atoms with E-state index in [9.17, 15) is 13.2 Å². The molecule has 1 aromatic carbocycles. The molecule has 0 bridgehead atoms. The lowest BCUT2D eigenvalue weighted by molar-refractivity contribution is -0.144. The summed E-state index contributed by atoms with van der Waals surface area (Å²) in [4.78, 5) is 7.60. The minimum absolute atomic E-state index is 0.0684. The van der Waals surface area contributed by atoms with E-state index in [2.05, 4.69) is 32.5 Å². The molecular weight excluding hydrogens is 379 g/mol. The molecule has 2 heterocycles. The lowest BCUT2D eigenvalue weighted by atomic mass is 9.69. The molecule has 1 fully saturated rings. The standard InChI is InChI=1S/C21H22F3N5/c1-12-9-18(29-20(25-12)27-19(28-29)21(22,23)24)26-17-8-7-15-10-14(13-3-2-4-13)5-6-16(15)11-17/h7-9,11,13-14,26H,2-6,10H2,1H3. The maximum absolute atomic E-state index is 13.0. The summed E-state index contributed by atoms with van der Waals surface area (Å²) in [5, 5.41) is 6.82. The second kappa shape index (κ2) is 6.71. The summed E-state index contributed by atoms with van der Waals surface area (Å²) < 4.78 is 40.1. The second-order valence-corrected chi connectivity index (χ2v) is 8.23. The first kappa shape index (κ1) is 18.4. The number of hydrogen-bond acceptors (Lipinski definition) is 4. The Morgan fingerprint density at radius 1 is 1.03 bits per heavy atom. The molecule has 1 N–H and O–H groups in total. The Morgan fingerprint density at radius 3 is 2.59 bits per heavy atom. The zero-order valence-corrected chi connectivity index (χ0v) is 16.1. The van der Waals surface area contributed by atoms with E-state index in [1.807, 2.05) is 6.07 Å². The van der Waals surface area contributed by atoms with Crippen molar-refractivity contribution in [2.24, 2.45) is 11.8 Å². The number of anilines is 2. The average molecular weight is 401 g/mol. The fourth-order valence-corrected chi connectivity index (χ4v) is 4.52. The monoisotopic (exact) mass is 401 g/mol. The highest BCUT2D eigenvalue weighted by Crippen LogP contribution is 2.41. The smallest absolute Gasteiger partial charge is 0.340 e. The summed E-state index contributed by atoms with van der Waals surface area (Å²) in [5.41, 5.74) is 4.13. The number of benzene rings is 1. The number of aromatic nitrogens is 4. The van der Waals surface area contributed by atoms with Crippen molar-refractivity contribution in [3.8, 4) is 0 Å². The molecule has 2 aromatic heterocycles. The van der Waals surface area contributed by atoms with Crippen LogP contribution < -0.4 is 5.32 Å². The number of halogens is 3. The van der Waals surface area contributed by atoms with Crippen LogP contribution in [0.2, 0.25) is 0 Å². The Kier molecular flexibility index (Phi) is 4.26. The molecule has 0 amide bonds. The molecule has 3 aromatic rings. The fourth-order valence-electron chi connectivity index (χ4n) is 4.52. The van der Waals surface area contributed by atoms with Gasteiger partial charge in [-0.1, -0.05) is 25.3 Å². The Labute approximate surface area is 166 Å². The van der Waals surface area contributed by atoms with Gasteiger partial charge in [0.2, 0.25) is 0 Å². The molecule has 1 saturated carbocycles. The van der Waals surface area contributed by atoms with Crippen molar-refractivity contribution in [3.05, 3.63) is 46.9 Å². The molecule has 29 heavy (non-hydrogen) atoms. The summed E-state index contributed by atoms with van der Waals surface area (Å²) in [6.07, 6.45) is 2.91. The van der Waals surface area contributed by atoms with Gasteiger partial charge < -0.3 is 5.32 Å². The van der Waals surface area contributed by atoms with Crippen LogP contribution >= 0.6 is 0 Å². The third kappa shape index (κ3) is 3.45. The highest BCUT2D eigenvalue weighted by atomic mass is 19.4. The summed E-state index contributed by atoms with van der Waals surface area (Å²) in [6, 6.07) is 7.92. The first-order valence-electron chi connectivity index (χ1n) is 10.1. The van der Waals surface area contributed by atoms with E-state index < -0.39 is 12.0 Å². The second-order valence-electron chi connectivity index (χ2n) is 8.23. The number of hydrogen-bond donors (Lipinski definition) is 1. The molecule has 152 valence electrons. The van der Waals surface area contributed by atoms with Crippen LogP contribution in [0.5, 0.6) is 0 Å². The SMILES string of the molecule is Cc1cc(Nc2ccc3c(c2)CCC(C2CCC2)C3)n2nc(C(F)(F)F)nc2n1. The van der Waals surface area contributed by atoms with Gasteiger partial charge in [-0.25, -0.2) is 4.98 Å². The first-order valence-corrected chi connectivity index (χ1v) is 10.1. The number of nitrogens with one attached hydrogen (secondary N) is 1. The Bertz CT molecular complexity index is 1070. The van der Waals surface area contributed by atoms with Crippen molar-refractivity contribution >= 4 is 17.3 Å². The summed E-state index contributed by atoms with van der Waals surface area (Å²) in [6.45, 7) is 1.72. The maximum atomic E-state index is 13.0. The van der Waals surface area contributed by atoms with E-state index >= 15 is 0 Å². The number of fused-ring (bicyclic) bond motifs is 2. The Hall–Kier alpha value is -2.64. The molecule has 5 rings (SSSR count). The van der Waals surface area contributed by atoms with E-state index in [4.69, 9.17) is 0 Å². The van der Waals surface area contributed by atoms with Crippen LogP contribution in [0, 0.1) is 18.8 Å². The van der Waals surface area contributed by atoms with E-state index in [0.29, 0.717) is 11.5 Å². The van der Waals surface area contributed by atoms with Crippen LogP contribution in [0.1, 0.15) is 48.3 Å². The summed E-state index contributed by atoms with van der Waals surface area (Å²) in [7, 11) is 0. The van der Waals surface area contributed by atoms with Gasteiger partial charge >= 0.3 is 6.18 Å². The zero-order valence-electron chi connectivity index (χ0n) is 16.1. The predicted molar refractivity (Wildman–Crippen MR) is 103 cm³/mol. The quantitative estimate of drug-likeness (QED) is 0.663. The molecule has 5 nitrogen and oxygen atoms in total. The van der Waals surface area contributed by atoms with Gasteiger partial charge in [-0.2, -0.15) is 22.7 Å². The van der Waals surface area contributed by atoms with Crippen LogP contribution in [0.15, 0.2) is 24.3 Å². The van der Waals surface area contributed by atoms with E-state index in [-0.39, 0.29) is 5.78 Å². The molecule has 0 radical (unpaired) electrons. The minimum atomic E-state index is -4.61. The maximum Gasteiger partial charge on any atom is 0.453 e. The Balaban J connectivity index is 1.43. The van der Waals surface area contributed by atoms with Crippen molar-refractivity contribution in [2.75, 3.05) is 5.32 Å². The van der Waals surface area contributed by atoms with Crippen molar-refractivity contribution in [1.29, 1.82) is 0 Å². The number of rotatable bonds is 3. The molecule has 2 aliphatic rings. The van der Waals surface area contributed by atoms with Crippen LogP contribution in [0.3, 0.4) is 0 Å². The highest BCUT2D eigenvalue weighted by Gasteiger charge is 2.37. The third-order valence-corrected chi connectivity index (χ3v) is 6.26. The van der Waals surface area contributed by atoms with Crippen molar-refractivity contribution in [1.82, 2.24) is 19.6 Å². The topological polar surface area (TPSA) is 55.1 Å². The molecule has 0 aliphatic heterocycles. The summed E-state index contributed by atoms with van der Waals surface area (Å²) in [5.74, 6) is 0.850. The van der Waals surface area contributed by atoms with E-state index in [0.717, 1.165) is 34.9 Å². The van der Waals surface area contributed by atoms with Crippen molar-refractivity contribution < 1.29 is 13.2 Å². The van der Waals surface area contributed by atoms with E-state index in [1.165, 1.54) is 36.8 Å². The molecule has 0 saturated heterocycles. The summed E-state index contributed by atoms with van der Waals surface area (Å²) >= 11 is 0. The normalized spacial score (nSPS) is 19.8. The van der Waals surface area contributed by atoms with Crippen LogP contribution in [0.4, 0.5) is 24.7 Å². The predicted octanol–water partition coefficient (Wildman–Crippen LogP) is 5.10. The number of aryl methyl sites for hydroxylation is 2. The van der Waals surface area contributed by atoms with Gasteiger partial charge in [0, 0.05) is 17.4 Å². The Morgan fingerprint density at radius 2 is 1.86 bits per heavy atom. The third-order valence-electron chi connectivity index (χ3n) is 6.26. The molecule has 2 aliphatic carbocycles. The van der Waals surface area contributed by atoms with Crippen LogP contribution in [-0.4, -0.2) is 19.6 Å². The lowest BCUT2D eigenvalue weighted by Crippen LogP contribution is -2.27. The molecule has 8 heteroatoms. The molecule has 0 spiro atoms. The van der Waals surface area contributed by atoms with Gasteiger partial charge in [-0.05, 0) is 61.3 Å². The largest absolute Gasteiger partial charge is 0.453 e. The van der Waals surface area contributed by atoms with Gasteiger partial charge in [-0.3, -0.25) is 0 Å². The van der Waals surface area contributed by atoms with Gasteiger partial charge in [0.25, 0.3) is 11.6 Å². The molecule has 1 atom stereocenters. The zero-order chi connectivity index (χ0) is 20.2. The number of alkyl halides is 3. The molecular formula is C21H22F3N5. The highest BCUT2D eigenvalue weighted by molar-refractivity contribution is 5.60. The molecule has 1 unspecified atom stereocenters. The number of nitrogens with zero attached hydrogens (tertiary/aromatic N) is 4. The van der Waals surface area contributed by atoms with Gasteiger partial charge in [-0.15, -0.1) is 5.10 Å². The van der Waals surface area contributed by atoms with E-state index in [1.54, 1.807) is 13.0 Å². The van der Waals surface area contributed by atoms with Crippen molar-refractivity contribution in [2.45, 2.75) is 51.6 Å². The first-order chi connectivity index (χ1) is 13.9. The van der Waals surface area contributed by atoms with Crippen LogP contribution in [0.25, 0.3) is 5.78 Å². The van der Waals surface area contributed by atoms with Gasteiger partial charge in [0.1, 0.15) is 5.82 Å². The van der Waals surface area contributed by atoms with Gasteiger partial charge in [0.15, 0.2) is 0 Å².